The average Bonchev–Trinajstić information content (AvgIpc) is 2.68. The molecule has 0 spiro atoms. The molecule has 0 saturated carbocycles. The van der Waals surface area contributed by atoms with Gasteiger partial charge in [0.1, 0.15) is 5.75 Å². The van der Waals surface area contributed by atoms with Crippen LogP contribution in [0.15, 0.2) is 41.3 Å². The van der Waals surface area contributed by atoms with Gasteiger partial charge in [-0.15, -0.1) is 0 Å². The topological polar surface area (TPSA) is 128 Å². The van der Waals surface area contributed by atoms with E-state index < -0.39 is 27.5 Å². The molecule has 0 unspecified atom stereocenters. The van der Waals surface area contributed by atoms with Crippen LogP contribution in [0, 0.1) is 17.0 Å². The number of nitro benzene ring substituents is 1. The highest BCUT2D eigenvalue weighted by Crippen LogP contribution is 2.28. The molecular weight excluding hydrogens is 434 g/mol. The van der Waals surface area contributed by atoms with Gasteiger partial charge in [0.05, 0.1) is 26.1 Å². The van der Waals surface area contributed by atoms with Gasteiger partial charge in [0.25, 0.3) is 11.6 Å². The second-order valence-electron chi connectivity index (χ2n) is 6.39. The van der Waals surface area contributed by atoms with Gasteiger partial charge >= 0.3 is 0 Å². The average molecular weight is 456 g/mol. The monoisotopic (exact) mass is 455 g/mol. The molecule has 30 heavy (non-hydrogen) atoms. The predicted molar refractivity (Wildman–Crippen MR) is 114 cm³/mol. The van der Waals surface area contributed by atoms with Crippen LogP contribution in [0.4, 0.5) is 11.4 Å². The number of hydrogen-bond acceptors (Lipinski definition) is 6. The Morgan fingerprint density at radius 3 is 2.63 bits per heavy atom. The molecule has 0 radical (unpaired) electrons. The van der Waals surface area contributed by atoms with Crippen molar-refractivity contribution >= 4 is 38.9 Å². The summed E-state index contributed by atoms with van der Waals surface area (Å²) in [6.45, 7) is 3.39. The standard InChI is InChI=1S/C19H22ClN3O6S/c1-3-4-10-21-30(27,28)14-8-9-18(15(20)11-14)29-12-19(24)22-16-6-5-7-17(13(16)2)23(25)26/h5-9,11,21H,3-4,10,12H2,1-2H3,(H,22,24). The molecule has 9 nitrogen and oxygen atoms in total. The molecule has 1 amide bonds. The van der Waals surface area contributed by atoms with E-state index in [2.05, 4.69) is 10.0 Å². The van der Waals surface area contributed by atoms with E-state index >= 15 is 0 Å². The van der Waals surface area contributed by atoms with Crippen molar-refractivity contribution in [2.75, 3.05) is 18.5 Å². The number of nitrogens with zero attached hydrogens (tertiary/aromatic N) is 1. The van der Waals surface area contributed by atoms with Crippen LogP contribution in [-0.2, 0) is 14.8 Å². The zero-order valence-electron chi connectivity index (χ0n) is 16.5. The third kappa shape index (κ3) is 6.15. The SMILES string of the molecule is CCCCNS(=O)(=O)c1ccc(OCC(=O)Nc2cccc([N+](=O)[O-])c2C)c(Cl)c1. The number of anilines is 1. The molecule has 0 aliphatic carbocycles. The second-order valence-corrected chi connectivity index (χ2v) is 8.56. The van der Waals surface area contributed by atoms with Gasteiger partial charge in [-0.25, -0.2) is 13.1 Å². The number of amides is 1. The molecular formula is C19H22ClN3O6S. The number of hydrogen-bond donors (Lipinski definition) is 2. The molecule has 162 valence electrons. The van der Waals surface area contributed by atoms with Gasteiger partial charge < -0.3 is 10.1 Å². The summed E-state index contributed by atoms with van der Waals surface area (Å²) < 4.78 is 32.3. The number of halogens is 1. The Bertz CT molecular complexity index is 1040. The maximum atomic E-state index is 12.2. The van der Waals surface area contributed by atoms with Crippen LogP contribution in [-0.4, -0.2) is 32.4 Å². The minimum absolute atomic E-state index is 0.00683. The van der Waals surface area contributed by atoms with Crippen LogP contribution in [0.5, 0.6) is 5.75 Å². The molecule has 0 bridgehead atoms. The zero-order valence-corrected chi connectivity index (χ0v) is 18.0. The normalized spacial score (nSPS) is 11.2. The fourth-order valence-corrected chi connectivity index (χ4v) is 3.92. The lowest BCUT2D eigenvalue weighted by Gasteiger charge is -2.12. The molecule has 0 atom stereocenters. The summed E-state index contributed by atoms with van der Waals surface area (Å²) in [4.78, 5) is 22.6. The predicted octanol–water partition coefficient (Wildman–Crippen LogP) is 3.65. The van der Waals surface area contributed by atoms with Gasteiger partial charge in [0, 0.05) is 12.6 Å². The van der Waals surface area contributed by atoms with Gasteiger partial charge in [0.15, 0.2) is 6.61 Å². The Kier molecular flexibility index (Phi) is 8.16. The summed E-state index contributed by atoms with van der Waals surface area (Å²) in [6.07, 6.45) is 1.57. The van der Waals surface area contributed by atoms with Crippen molar-refractivity contribution in [1.82, 2.24) is 4.72 Å². The number of ether oxygens (including phenoxy) is 1. The van der Waals surface area contributed by atoms with Gasteiger partial charge in [-0.05, 0) is 37.6 Å². The fourth-order valence-electron chi connectivity index (χ4n) is 2.52. The van der Waals surface area contributed by atoms with Crippen LogP contribution >= 0.6 is 11.6 Å². The molecule has 11 heteroatoms. The summed E-state index contributed by atoms with van der Waals surface area (Å²) in [5.74, 6) is -0.414. The Morgan fingerprint density at radius 1 is 1.27 bits per heavy atom. The van der Waals surface area contributed by atoms with Gasteiger partial charge in [-0.3, -0.25) is 14.9 Å². The van der Waals surface area contributed by atoms with Crippen molar-refractivity contribution in [2.24, 2.45) is 0 Å². The first-order valence-electron chi connectivity index (χ1n) is 9.11. The van der Waals surface area contributed by atoms with Crippen LogP contribution in [0.1, 0.15) is 25.3 Å². The molecule has 0 saturated heterocycles. The smallest absolute Gasteiger partial charge is 0.274 e. The van der Waals surface area contributed by atoms with Crippen molar-refractivity contribution in [3.05, 3.63) is 57.1 Å². The first-order valence-corrected chi connectivity index (χ1v) is 11.0. The highest BCUT2D eigenvalue weighted by molar-refractivity contribution is 7.89. The van der Waals surface area contributed by atoms with E-state index in [4.69, 9.17) is 16.3 Å². The van der Waals surface area contributed by atoms with E-state index in [-0.39, 0.29) is 21.4 Å². The summed E-state index contributed by atoms with van der Waals surface area (Å²) in [5, 5.41) is 13.6. The lowest BCUT2D eigenvalue weighted by molar-refractivity contribution is -0.385. The van der Waals surface area contributed by atoms with Crippen molar-refractivity contribution in [2.45, 2.75) is 31.6 Å². The summed E-state index contributed by atoms with van der Waals surface area (Å²) in [5.41, 5.74) is 0.503. The number of benzene rings is 2. The molecule has 2 aromatic rings. The Labute approximate surface area is 179 Å². The Balaban J connectivity index is 2.02. The number of sulfonamides is 1. The molecule has 0 aliphatic heterocycles. The first kappa shape index (κ1) is 23.6. The number of carbonyl (C=O) groups is 1. The maximum Gasteiger partial charge on any atom is 0.274 e. The quantitative estimate of drug-likeness (QED) is 0.319. The lowest BCUT2D eigenvalue weighted by Crippen LogP contribution is -2.24. The highest BCUT2D eigenvalue weighted by Gasteiger charge is 2.17. The summed E-state index contributed by atoms with van der Waals surface area (Å²) in [6, 6.07) is 8.28. The Morgan fingerprint density at radius 2 is 2.00 bits per heavy atom. The number of unbranched alkanes of at least 4 members (excludes halogenated alkanes) is 1. The van der Waals surface area contributed by atoms with E-state index in [1.807, 2.05) is 6.92 Å². The number of rotatable bonds is 10. The second kappa shape index (κ2) is 10.4. The fraction of sp³-hybridized carbons (Fsp3) is 0.316. The third-order valence-corrected chi connectivity index (χ3v) is 5.92. The molecule has 2 aromatic carbocycles. The molecule has 2 N–H and O–H groups in total. The Hall–Kier alpha value is -2.69. The maximum absolute atomic E-state index is 12.2. The molecule has 2 rings (SSSR count). The molecule has 0 aromatic heterocycles. The van der Waals surface area contributed by atoms with Crippen molar-refractivity contribution < 1.29 is 22.9 Å². The number of nitro groups is 1. The van der Waals surface area contributed by atoms with E-state index in [9.17, 15) is 23.3 Å². The van der Waals surface area contributed by atoms with Gasteiger partial charge in [-0.2, -0.15) is 0 Å². The van der Waals surface area contributed by atoms with E-state index in [0.717, 1.165) is 6.42 Å². The van der Waals surface area contributed by atoms with Gasteiger partial charge in [0.2, 0.25) is 10.0 Å². The molecule has 0 fully saturated rings. The van der Waals surface area contributed by atoms with Crippen molar-refractivity contribution in [3.8, 4) is 5.75 Å². The van der Waals surface area contributed by atoms with Crippen molar-refractivity contribution in [1.29, 1.82) is 0 Å². The largest absolute Gasteiger partial charge is 0.482 e. The van der Waals surface area contributed by atoms with E-state index in [1.54, 1.807) is 6.07 Å². The van der Waals surface area contributed by atoms with Crippen LogP contribution < -0.4 is 14.8 Å². The first-order chi connectivity index (χ1) is 14.2. The van der Waals surface area contributed by atoms with Crippen LogP contribution in [0.3, 0.4) is 0 Å². The van der Waals surface area contributed by atoms with E-state index in [1.165, 1.54) is 37.3 Å². The minimum Gasteiger partial charge on any atom is -0.482 e. The summed E-state index contributed by atoms with van der Waals surface area (Å²) >= 11 is 6.10. The molecule has 0 aliphatic rings. The lowest BCUT2D eigenvalue weighted by atomic mass is 10.1. The highest BCUT2D eigenvalue weighted by atomic mass is 35.5. The zero-order chi connectivity index (χ0) is 22.3. The van der Waals surface area contributed by atoms with E-state index in [0.29, 0.717) is 24.2 Å². The van der Waals surface area contributed by atoms with Gasteiger partial charge in [-0.1, -0.05) is 31.0 Å². The number of carbonyl (C=O) groups excluding carboxylic acids is 1. The summed E-state index contributed by atoms with van der Waals surface area (Å²) in [7, 11) is -3.68. The molecule has 0 heterocycles. The van der Waals surface area contributed by atoms with Crippen LogP contribution in [0.25, 0.3) is 0 Å². The minimum atomic E-state index is -3.68. The third-order valence-electron chi connectivity index (χ3n) is 4.17. The van der Waals surface area contributed by atoms with Crippen molar-refractivity contribution in [3.63, 3.8) is 0 Å². The number of nitrogens with one attached hydrogen (secondary N) is 2. The van der Waals surface area contributed by atoms with Crippen LogP contribution in [0.2, 0.25) is 5.02 Å².